The Morgan fingerprint density at radius 2 is 2.00 bits per heavy atom. The smallest absolute Gasteiger partial charge is 0.0676 e. The largest absolute Gasteiger partial charge is 0.399 e. The fourth-order valence-electron chi connectivity index (χ4n) is 4.12. The van der Waals surface area contributed by atoms with Gasteiger partial charge >= 0.3 is 0 Å². The summed E-state index contributed by atoms with van der Waals surface area (Å²) in [5.41, 5.74) is 9.25. The Hall–Kier alpha value is -1.52. The minimum Gasteiger partial charge on any atom is -0.399 e. The van der Waals surface area contributed by atoms with Gasteiger partial charge in [0.25, 0.3) is 0 Å². The number of benzene rings is 1. The van der Waals surface area contributed by atoms with Crippen LogP contribution in [0.4, 0.5) is 5.69 Å². The zero-order valence-electron chi connectivity index (χ0n) is 15.8. The molecular formula is C22H30N2OS. The molecule has 1 aromatic heterocycles. The predicted octanol–water partition coefficient (Wildman–Crippen LogP) is 5.04. The lowest BCUT2D eigenvalue weighted by Gasteiger charge is -2.39. The van der Waals surface area contributed by atoms with Crippen LogP contribution >= 0.6 is 11.8 Å². The van der Waals surface area contributed by atoms with Crippen molar-refractivity contribution in [1.29, 1.82) is 0 Å². The first kappa shape index (κ1) is 19.2. The zero-order chi connectivity index (χ0) is 18.6. The van der Waals surface area contributed by atoms with E-state index in [2.05, 4.69) is 43.1 Å². The summed E-state index contributed by atoms with van der Waals surface area (Å²) in [7, 11) is 0. The highest BCUT2D eigenvalue weighted by Crippen LogP contribution is 2.49. The van der Waals surface area contributed by atoms with Crippen LogP contribution in [0.1, 0.15) is 56.6 Å². The molecule has 0 spiro atoms. The van der Waals surface area contributed by atoms with Crippen LogP contribution < -0.4 is 5.73 Å². The monoisotopic (exact) mass is 370 g/mol. The summed E-state index contributed by atoms with van der Waals surface area (Å²) >= 11 is 1.89. The highest BCUT2D eigenvalue weighted by atomic mass is 32.2. The van der Waals surface area contributed by atoms with E-state index in [0.29, 0.717) is 0 Å². The number of unbranched alkanes of at least 4 members (excludes halogenated alkanes) is 1. The van der Waals surface area contributed by atoms with Crippen LogP contribution in [0, 0.1) is 5.41 Å². The van der Waals surface area contributed by atoms with Crippen LogP contribution in [0.3, 0.4) is 0 Å². The van der Waals surface area contributed by atoms with Gasteiger partial charge in [-0.15, -0.1) is 11.8 Å². The number of fused-ring (bicyclic) bond motifs is 1. The molecule has 1 aliphatic heterocycles. The molecule has 0 radical (unpaired) electrons. The molecule has 0 saturated heterocycles. The topological polar surface area (TPSA) is 59.1 Å². The molecule has 2 heterocycles. The van der Waals surface area contributed by atoms with Gasteiger partial charge in [-0.05, 0) is 60.7 Å². The number of pyridine rings is 1. The molecule has 0 aliphatic carbocycles. The van der Waals surface area contributed by atoms with E-state index in [1.165, 1.54) is 16.0 Å². The number of nitrogens with zero attached hydrogens (tertiary/aromatic N) is 1. The first-order valence-electron chi connectivity index (χ1n) is 9.69. The molecule has 0 amide bonds. The van der Waals surface area contributed by atoms with E-state index in [0.717, 1.165) is 43.5 Å². The van der Waals surface area contributed by atoms with Crippen molar-refractivity contribution in [3.8, 4) is 0 Å². The maximum atomic E-state index is 11.6. The molecule has 1 aliphatic rings. The first-order valence-corrected chi connectivity index (χ1v) is 10.7. The summed E-state index contributed by atoms with van der Waals surface area (Å²) in [6.07, 6.45) is 8.49. The average molecular weight is 371 g/mol. The van der Waals surface area contributed by atoms with Gasteiger partial charge in [-0.25, -0.2) is 0 Å². The van der Waals surface area contributed by atoms with E-state index in [9.17, 15) is 5.11 Å². The Morgan fingerprint density at radius 3 is 2.69 bits per heavy atom. The summed E-state index contributed by atoms with van der Waals surface area (Å²) in [6.45, 7) is 4.46. The number of aromatic nitrogens is 1. The van der Waals surface area contributed by atoms with Gasteiger partial charge in [0.15, 0.2) is 0 Å². The van der Waals surface area contributed by atoms with Gasteiger partial charge in [0.1, 0.15) is 0 Å². The maximum absolute atomic E-state index is 11.6. The van der Waals surface area contributed by atoms with E-state index in [1.54, 1.807) is 0 Å². The van der Waals surface area contributed by atoms with Gasteiger partial charge in [0, 0.05) is 40.1 Å². The van der Waals surface area contributed by atoms with Crippen LogP contribution in [0.25, 0.3) is 0 Å². The minimum atomic E-state index is -0.372. The van der Waals surface area contributed by atoms with E-state index in [1.807, 2.05) is 30.2 Å². The molecule has 140 valence electrons. The van der Waals surface area contributed by atoms with Crippen molar-refractivity contribution in [2.45, 2.75) is 62.9 Å². The van der Waals surface area contributed by atoms with Crippen LogP contribution in [-0.2, 0) is 6.42 Å². The molecule has 2 aromatic rings. The van der Waals surface area contributed by atoms with Crippen molar-refractivity contribution in [2.24, 2.45) is 5.41 Å². The van der Waals surface area contributed by atoms with Crippen molar-refractivity contribution in [1.82, 2.24) is 4.98 Å². The predicted molar refractivity (Wildman–Crippen MR) is 111 cm³/mol. The Balaban J connectivity index is 2.03. The fraction of sp³-hybridized carbons (Fsp3) is 0.500. The number of aliphatic hydroxyl groups excluding tert-OH is 1. The van der Waals surface area contributed by atoms with Gasteiger partial charge in [-0.3, -0.25) is 4.98 Å². The van der Waals surface area contributed by atoms with Crippen molar-refractivity contribution in [3.05, 3.63) is 53.9 Å². The standard InChI is InChI=1S/C22H30N2OS/c1-3-5-10-22(4-2)15-26-20-7-6-17(23)14-18(20)19(21(22)25)13-16-8-11-24-12-9-16/h6-9,11-12,14,19,21,25H,3-5,10,13,15,23H2,1-2H3/t19-,21-,22?/m1/s1. The zero-order valence-corrected chi connectivity index (χ0v) is 16.6. The van der Waals surface area contributed by atoms with Crippen LogP contribution in [0.2, 0.25) is 0 Å². The second-order valence-electron chi connectivity index (χ2n) is 7.52. The highest BCUT2D eigenvalue weighted by Gasteiger charge is 2.43. The Labute approximate surface area is 161 Å². The Bertz CT molecular complexity index is 721. The summed E-state index contributed by atoms with van der Waals surface area (Å²) < 4.78 is 0. The third-order valence-corrected chi connectivity index (χ3v) is 7.30. The van der Waals surface area contributed by atoms with Gasteiger partial charge < -0.3 is 10.8 Å². The molecule has 0 bridgehead atoms. The van der Waals surface area contributed by atoms with Crippen molar-refractivity contribution in [2.75, 3.05) is 11.5 Å². The van der Waals surface area contributed by atoms with E-state index in [4.69, 9.17) is 5.73 Å². The van der Waals surface area contributed by atoms with Crippen molar-refractivity contribution in [3.63, 3.8) is 0 Å². The van der Waals surface area contributed by atoms with Crippen molar-refractivity contribution >= 4 is 17.4 Å². The van der Waals surface area contributed by atoms with Crippen LogP contribution in [0.5, 0.6) is 0 Å². The molecular weight excluding hydrogens is 340 g/mol. The molecule has 3 N–H and O–H groups in total. The summed E-state index contributed by atoms with van der Waals surface area (Å²) in [6, 6.07) is 10.3. The normalized spacial score (nSPS) is 25.5. The van der Waals surface area contributed by atoms with Crippen LogP contribution in [0.15, 0.2) is 47.6 Å². The van der Waals surface area contributed by atoms with Gasteiger partial charge in [0.2, 0.25) is 0 Å². The summed E-state index contributed by atoms with van der Waals surface area (Å²) in [5, 5.41) is 11.6. The van der Waals surface area contributed by atoms with Crippen molar-refractivity contribution < 1.29 is 5.11 Å². The number of aliphatic hydroxyl groups is 1. The minimum absolute atomic E-state index is 0.0494. The molecule has 3 rings (SSSR count). The highest BCUT2D eigenvalue weighted by molar-refractivity contribution is 7.99. The lowest BCUT2D eigenvalue weighted by atomic mass is 9.69. The summed E-state index contributed by atoms with van der Waals surface area (Å²) in [4.78, 5) is 5.40. The number of hydrogen-bond acceptors (Lipinski definition) is 4. The fourth-order valence-corrected chi connectivity index (χ4v) is 5.63. The molecule has 0 fully saturated rings. The third kappa shape index (κ3) is 3.91. The lowest BCUT2D eigenvalue weighted by Crippen LogP contribution is -2.41. The second-order valence-corrected chi connectivity index (χ2v) is 8.53. The number of nitrogen functional groups attached to an aromatic ring is 1. The van der Waals surface area contributed by atoms with Gasteiger partial charge in [-0.2, -0.15) is 0 Å². The van der Waals surface area contributed by atoms with E-state index >= 15 is 0 Å². The molecule has 0 saturated carbocycles. The van der Waals surface area contributed by atoms with E-state index in [-0.39, 0.29) is 17.4 Å². The Kier molecular flexibility index (Phi) is 6.25. The maximum Gasteiger partial charge on any atom is 0.0676 e. The number of rotatable bonds is 6. The Morgan fingerprint density at radius 1 is 1.23 bits per heavy atom. The molecule has 26 heavy (non-hydrogen) atoms. The second kappa shape index (κ2) is 8.45. The molecule has 3 atom stereocenters. The molecule has 4 heteroatoms. The van der Waals surface area contributed by atoms with Gasteiger partial charge in [0.05, 0.1) is 6.10 Å². The number of thioether (sulfide) groups is 1. The van der Waals surface area contributed by atoms with Crippen LogP contribution in [-0.4, -0.2) is 21.9 Å². The number of hydrogen-bond donors (Lipinski definition) is 2. The molecule has 1 aromatic carbocycles. The molecule has 3 nitrogen and oxygen atoms in total. The van der Waals surface area contributed by atoms with Gasteiger partial charge in [-0.1, -0.05) is 26.7 Å². The SMILES string of the molecule is CCCCC1(CC)CSc2ccc(N)cc2[C@@H](Cc2ccncc2)[C@H]1O. The van der Waals surface area contributed by atoms with E-state index < -0.39 is 0 Å². The summed E-state index contributed by atoms with van der Waals surface area (Å²) in [5.74, 6) is 1.02. The number of nitrogens with two attached hydrogens (primary N) is 1. The number of anilines is 1. The lowest BCUT2D eigenvalue weighted by molar-refractivity contribution is 0.00910. The molecule has 1 unspecified atom stereocenters. The third-order valence-electron chi connectivity index (χ3n) is 5.89. The average Bonchev–Trinajstić information content (AvgIpc) is 2.77. The first-order chi connectivity index (χ1) is 12.6. The quantitative estimate of drug-likeness (QED) is 0.699.